The standard InChI is InChI=1S/C25H25N3O3/c1-26-23-7-5-4-6-22(23)25(24(26)29)16-27(18-8-12-20(30-2)13-9-18)17-28(25)19-10-14-21(31-3)15-11-19/h4-15H,16-17H2,1-3H3. The van der Waals surface area contributed by atoms with Crippen LogP contribution < -0.4 is 24.2 Å². The van der Waals surface area contributed by atoms with Crippen LogP contribution in [0.5, 0.6) is 11.5 Å². The van der Waals surface area contributed by atoms with Crippen LogP contribution in [0.3, 0.4) is 0 Å². The molecule has 158 valence electrons. The number of benzene rings is 3. The smallest absolute Gasteiger partial charge is 0.259 e. The number of para-hydroxylation sites is 1. The summed E-state index contributed by atoms with van der Waals surface area (Å²) < 4.78 is 10.7. The second-order valence-corrected chi connectivity index (χ2v) is 7.91. The highest BCUT2D eigenvalue weighted by molar-refractivity contribution is 6.10. The van der Waals surface area contributed by atoms with E-state index in [2.05, 4.69) is 15.9 Å². The molecule has 1 amide bonds. The Bertz CT molecular complexity index is 1110. The molecule has 1 spiro atoms. The van der Waals surface area contributed by atoms with Crippen molar-refractivity contribution >= 4 is 23.0 Å². The van der Waals surface area contributed by atoms with Gasteiger partial charge in [0.15, 0.2) is 5.54 Å². The molecule has 0 radical (unpaired) electrons. The van der Waals surface area contributed by atoms with Crippen LogP contribution in [0, 0.1) is 0 Å². The monoisotopic (exact) mass is 415 g/mol. The third kappa shape index (κ3) is 2.82. The number of amides is 1. The topological polar surface area (TPSA) is 45.3 Å². The Morgan fingerprint density at radius 2 is 1.39 bits per heavy atom. The van der Waals surface area contributed by atoms with Gasteiger partial charge in [0, 0.05) is 29.7 Å². The van der Waals surface area contributed by atoms with E-state index in [4.69, 9.17) is 9.47 Å². The first-order chi connectivity index (χ1) is 15.1. The van der Waals surface area contributed by atoms with Gasteiger partial charge in [-0.1, -0.05) is 18.2 Å². The Kier molecular flexibility index (Phi) is 4.50. The van der Waals surface area contributed by atoms with Gasteiger partial charge in [-0.05, 0) is 54.6 Å². The molecule has 5 rings (SSSR count). The van der Waals surface area contributed by atoms with E-state index in [9.17, 15) is 4.79 Å². The first-order valence-electron chi connectivity index (χ1n) is 10.3. The summed E-state index contributed by atoms with van der Waals surface area (Å²) in [6, 6.07) is 24.0. The number of hydrogen-bond donors (Lipinski definition) is 0. The summed E-state index contributed by atoms with van der Waals surface area (Å²) in [6.07, 6.45) is 0. The van der Waals surface area contributed by atoms with Gasteiger partial charge < -0.3 is 24.2 Å². The fraction of sp³-hybridized carbons (Fsp3) is 0.240. The minimum atomic E-state index is -0.792. The van der Waals surface area contributed by atoms with E-state index in [0.717, 1.165) is 34.1 Å². The number of fused-ring (bicyclic) bond motifs is 2. The van der Waals surface area contributed by atoms with Crippen molar-refractivity contribution < 1.29 is 14.3 Å². The van der Waals surface area contributed by atoms with Crippen molar-refractivity contribution in [3.8, 4) is 11.5 Å². The summed E-state index contributed by atoms with van der Waals surface area (Å²) in [6.45, 7) is 1.15. The number of carbonyl (C=O) groups is 1. The maximum Gasteiger partial charge on any atom is 0.259 e. The molecule has 1 unspecified atom stereocenters. The molecule has 0 saturated carbocycles. The highest BCUT2D eigenvalue weighted by Crippen LogP contribution is 2.49. The van der Waals surface area contributed by atoms with Gasteiger partial charge in [0.25, 0.3) is 5.91 Å². The van der Waals surface area contributed by atoms with Gasteiger partial charge in [0.05, 0.1) is 27.4 Å². The Hall–Kier alpha value is -3.67. The number of nitrogens with zero attached hydrogens (tertiary/aromatic N) is 3. The first kappa shape index (κ1) is 19.3. The van der Waals surface area contributed by atoms with E-state index in [-0.39, 0.29) is 5.91 Å². The molecule has 1 saturated heterocycles. The zero-order valence-corrected chi connectivity index (χ0v) is 17.9. The summed E-state index contributed by atoms with van der Waals surface area (Å²) in [5.41, 5.74) is 3.24. The molecule has 3 aromatic carbocycles. The molecular formula is C25H25N3O3. The average Bonchev–Trinajstić information content (AvgIpc) is 3.33. The van der Waals surface area contributed by atoms with Gasteiger partial charge in [-0.2, -0.15) is 0 Å². The zero-order chi connectivity index (χ0) is 21.6. The normalized spacial score (nSPS) is 19.8. The highest BCUT2D eigenvalue weighted by Gasteiger charge is 2.58. The quantitative estimate of drug-likeness (QED) is 0.648. The molecule has 2 heterocycles. The molecule has 6 heteroatoms. The van der Waals surface area contributed by atoms with Crippen molar-refractivity contribution in [1.29, 1.82) is 0 Å². The van der Waals surface area contributed by atoms with Crippen molar-refractivity contribution in [2.45, 2.75) is 5.54 Å². The van der Waals surface area contributed by atoms with Gasteiger partial charge in [-0.15, -0.1) is 0 Å². The van der Waals surface area contributed by atoms with Crippen LogP contribution >= 0.6 is 0 Å². The molecule has 2 aliphatic rings. The maximum atomic E-state index is 13.8. The fourth-order valence-corrected chi connectivity index (χ4v) is 4.76. The lowest BCUT2D eigenvalue weighted by Crippen LogP contribution is -2.51. The third-order valence-electron chi connectivity index (χ3n) is 6.38. The van der Waals surface area contributed by atoms with Crippen LogP contribution in [0.1, 0.15) is 5.56 Å². The van der Waals surface area contributed by atoms with Crippen molar-refractivity contribution in [2.75, 3.05) is 49.2 Å². The van der Waals surface area contributed by atoms with Crippen LogP contribution in [0.15, 0.2) is 72.8 Å². The first-order valence-corrected chi connectivity index (χ1v) is 10.3. The second-order valence-electron chi connectivity index (χ2n) is 7.91. The highest BCUT2D eigenvalue weighted by atomic mass is 16.5. The van der Waals surface area contributed by atoms with Gasteiger partial charge in [0.1, 0.15) is 11.5 Å². The van der Waals surface area contributed by atoms with E-state index < -0.39 is 5.54 Å². The molecule has 0 bridgehead atoms. The molecule has 31 heavy (non-hydrogen) atoms. The lowest BCUT2D eigenvalue weighted by molar-refractivity contribution is -0.122. The molecule has 3 aromatic rings. The minimum absolute atomic E-state index is 0.0838. The van der Waals surface area contributed by atoms with Gasteiger partial charge in [-0.25, -0.2) is 0 Å². The molecule has 0 aliphatic carbocycles. The molecular weight excluding hydrogens is 390 g/mol. The van der Waals surface area contributed by atoms with Crippen LogP contribution in [0.2, 0.25) is 0 Å². The van der Waals surface area contributed by atoms with E-state index >= 15 is 0 Å². The molecule has 2 aliphatic heterocycles. The van der Waals surface area contributed by atoms with Gasteiger partial charge in [-0.3, -0.25) is 4.79 Å². The number of anilines is 3. The van der Waals surface area contributed by atoms with Crippen LogP contribution in [-0.2, 0) is 10.3 Å². The molecule has 1 fully saturated rings. The number of methoxy groups -OCH3 is 2. The SMILES string of the molecule is COc1ccc(N2CN(c3ccc(OC)cc3)C3(C2)C(=O)N(C)c2ccccc23)cc1. The molecule has 0 aromatic heterocycles. The molecule has 0 N–H and O–H groups in total. The second kappa shape index (κ2) is 7.23. The Balaban J connectivity index is 1.63. The van der Waals surface area contributed by atoms with E-state index in [1.54, 1.807) is 19.1 Å². The lowest BCUT2D eigenvalue weighted by Gasteiger charge is -2.34. The molecule has 6 nitrogen and oxygen atoms in total. The summed E-state index contributed by atoms with van der Waals surface area (Å²) in [5.74, 6) is 1.69. The van der Waals surface area contributed by atoms with Crippen molar-refractivity contribution in [3.05, 3.63) is 78.4 Å². The predicted octanol–water partition coefficient (Wildman–Crippen LogP) is 3.86. The zero-order valence-electron chi connectivity index (χ0n) is 17.9. The van der Waals surface area contributed by atoms with Crippen molar-refractivity contribution in [3.63, 3.8) is 0 Å². The van der Waals surface area contributed by atoms with Gasteiger partial charge >= 0.3 is 0 Å². The third-order valence-corrected chi connectivity index (χ3v) is 6.38. The van der Waals surface area contributed by atoms with E-state index in [1.807, 2.05) is 73.8 Å². The summed E-state index contributed by atoms with van der Waals surface area (Å²) in [4.78, 5) is 20.0. The largest absolute Gasteiger partial charge is 0.497 e. The van der Waals surface area contributed by atoms with Crippen LogP contribution in [-0.4, -0.2) is 40.4 Å². The summed E-state index contributed by atoms with van der Waals surface area (Å²) in [7, 11) is 5.18. The maximum absolute atomic E-state index is 13.8. The van der Waals surface area contributed by atoms with Crippen molar-refractivity contribution in [2.24, 2.45) is 0 Å². The molecule has 1 atom stereocenters. The number of rotatable bonds is 4. The van der Waals surface area contributed by atoms with Crippen molar-refractivity contribution in [1.82, 2.24) is 0 Å². The van der Waals surface area contributed by atoms with Crippen LogP contribution in [0.4, 0.5) is 17.1 Å². The van der Waals surface area contributed by atoms with Crippen LogP contribution in [0.25, 0.3) is 0 Å². The number of likely N-dealkylation sites (N-methyl/N-ethyl adjacent to an activating group) is 1. The number of ether oxygens (including phenoxy) is 2. The average molecular weight is 415 g/mol. The number of hydrogen-bond acceptors (Lipinski definition) is 5. The summed E-state index contributed by atoms with van der Waals surface area (Å²) in [5, 5.41) is 0. The van der Waals surface area contributed by atoms with Gasteiger partial charge in [0.2, 0.25) is 0 Å². The summed E-state index contributed by atoms with van der Waals surface area (Å²) >= 11 is 0. The Morgan fingerprint density at radius 1 is 0.806 bits per heavy atom. The lowest BCUT2D eigenvalue weighted by atomic mass is 9.90. The predicted molar refractivity (Wildman–Crippen MR) is 122 cm³/mol. The van der Waals surface area contributed by atoms with E-state index in [1.165, 1.54) is 0 Å². The minimum Gasteiger partial charge on any atom is -0.497 e. The number of carbonyl (C=O) groups excluding carboxylic acids is 1. The Labute approximate surface area is 182 Å². The Morgan fingerprint density at radius 3 is 2.00 bits per heavy atom. The fourth-order valence-electron chi connectivity index (χ4n) is 4.76. The van der Waals surface area contributed by atoms with E-state index in [0.29, 0.717) is 13.2 Å².